The monoisotopic (exact) mass is 452 g/mol. The molecule has 0 fully saturated rings. The van der Waals surface area contributed by atoms with Gasteiger partial charge in [0, 0.05) is 0 Å². The molecule has 0 bridgehead atoms. The number of hydrogen-bond acceptors (Lipinski definition) is 2. The molecule has 0 amide bonds. The van der Waals surface area contributed by atoms with E-state index in [4.69, 9.17) is 4.55 Å². The summed E-state index contributed by atoms with van der Waals surface area (Å²) in [5.41, 5.74) is 1.14. The van der Waals surface area contributed by atoms with Gasteiger partial charge in [-0.05, 0) is 30.5 Å². The molecule has 0 heterocycles. The molecule has 0 aliphatic heterocycles. The van der Waals surface area contributed by atoms with Crippen LogP contribution in [0.15, 0.2) is 29.2 Å². The predicted molar refractivity (Wildman–Crippen MR) is 128 cm³/mol. The third kappa shape index (κ3) is 16.7. The van der Waals surface area contributed by atoms with Crippen molar-refractivity contribution in [1.29, 1.82) is 0 Å². The summed E-state index contributed by atoms with van der Waals surface area (Å²) in [4.78, 5) is -0.0248. The van der Waals surface area contributed by atoms with Crippen LogP contribution in [0, 0.1) is 0 Å². The quantitative estimate of drug-likeness (QED) is 0.151. The summed E-state index contributed by atoms with van der Waals surface area (Å²) in [6.07, 6.45) is 22.9. The molecule has 0 saturated carbocycles. The molecule has 0 atom stereocenters. The number of unbranched alkanes of at least 4 members (excludes halogenated alkanes) is 15. The SMILES string of the molecule is CCCCCCCCCCCCCCCCCCc1ccc(S(=O)(=O)O)cc1.[CaH2]. The van der Waals surface area contributed by atoms with Gasteiger partial charge in [0.05, 0.1) is 4.90 Å². The van der Waals surface area contributed by atoms with Gasteiger partial charge >= 0.3 is 37.7 Å². The Hall–Kier alpha value is 0.390. The minimum absolute atomic E-state index is 0. The molecular formula is C24H44CaO3S. The van der Waals surface area contributed by atoms with Crippen molar-refractivity contribution in [2.45, 2.75) is 121 Å². The number of benzene rings is 1. The fourth-order valence-electron chi connectivity index (χ4n) is 3.71. The van der Waals surface area contributed by atoms with Gasteiger partial charge in [0.2, 0.25) is 0 Å². The second-order valence-electron chi connectivity index (χ2n) is 8.17. The van der Waals surface area contributed by atoms with Crippen LogP contribution < -0.4 is 0 Å². The molecule has 3 nitrogen and oxygen atoms in total. The van der Waals surface area contributed by atoms with Gasteiger partial charge in [0.15, 0.2) is 0 Å². The third-order valence-electron chi connectivity index (χ3n) is 5.54. The van der Waals surface area contributed by atoms with Crippen LogP contribution in [0.4, 0.5) is 0 Å². The van der Waals surface area contributed by atoms with Crippen LogP contribution in [0.3, 0.4) is 0 Å². The van der Waals surface area contributed by atoms with Gasteiger partial charge in [-0.25, -0.2) is 0 Å². The van der Waals surface area contributed by atoms with Crippen LogP contribution in [-0.2, 0) is 16.5 Å². The van der Waals surface area contributed by atoms with Crippen LogP contribution >= 0.6 is 0 Å². The Morgan fingerprint density at radius 3 is 1.31 bits per heavy atom. The van der Waals surface area contributed by atoms with Crippen molar-refractivity contribution in [3.8, 4) is 0 Å². The molecule has 29 heavy (non-hydrogen) atoms. The van der Waals surface area contributed by atoms with Gasteiger partial charge in [-0.1, -0.05) is 115 Å². The maximum atomic E-state index is 11.0. The first-order valence-corrected chi connectivity index (χ1v) is 13.0. The van der Waals surface area contributed by atoms with Crippen molar-refractivity contribution in [3.05, 3.63) is 29.8 Å². The molecule has 0 aliphatic rings. The fraction of sp³-hybridized carbons (Fsp3) is 0.750. The van der Waals surface area contributed by atoms with Crippen LogP contribution in [0.2, 0.25) is 0 Å². The fourth-order valence-corrected chi connectivity index (χ4v) is 4.19. The van der Waals surface area contributed by atoms with Crippen molar-refractivity contribution in [2.24, 2.45) is 0 Å². The zero-order valence-electron chi connectivity index (χ0n) is 18.0. The molecule has 1 aromatic carbocycles. The summed E-state index contributed by atoms with van der Waals surface area (Å²) in [5.74, 6) is 0. The molecule has 1 N–H and O–H groups in total. The number of rotatable bonds is 18. The van der Waals surface area contributed by atoms with Crippen LogP contribution in [0.1, 0.15) is 115 Å². The second kappa shape index (κ2) is 19.1. The van der Waals surface area contributed by atoms with E-state index in [2.05, 4.69) is 6.92 Å². The molecule has 1 rings (SSSR count). The molecule has 0 aliphatic carbocycles. The Morgan fingerprint density at radius 2 is 0.966 bits per heavy atom. The molecule has 0 aromatic heterocycles. The summed E-state index contributed by atoms with van der Waals surface area (Å²) in [5, 5.41) is 0. The van der Waals surface area contributed by atoms with E-state index < -0.39 is 10.1 Å². The molecule has 166 valence electrons. The topological polar surface area (TPSA) is 54.4 Å². The van der Waals surface area contributed by atoms with Crippen LogP contribution in [-0.4, -0.2) is 50.7 Å². The minimum atomic E-state index is -4.07. The average molecular weight is 453 g/mol. The van der Waals surface area contributed by atoms with Crippen molar-refractivity contribution in [2.75, 3.05) is 0 Å². The second-order valence-corrected chi connectivity index (χ2v) is 9.59. The maximum absolute atomic E-state index is 11.0. The third-order valence-corrected chi connectivity index (χ3v) is 6.41. The summed E-state index contributed by atoms with van der Waals surface area (Å²) in [7, 11) is -4.07. The molecule has 0 unspecified atom stereocenters. The number of hydrogen-bond donors (Lipinski definition) is 1. The molecule has 0 spiro atoms. The van der Waals surface area contributed by atoms with E-state index in [0.29, 0.717) is 0 Å². The molecule has 0 saturated heterocycles. The predicted octanol–water partition coefficient (Wildman–Crippen LogP) is 6.82. The van der Waals surface area contributed by atoms with E-state index in [9.17, 15) is 8.42 Å². The van der Waals surface area contributed by atoms with Crippen molar-refractivity contribution in [3.63, 3.8) is 0 Å². The Morgan fingerprint density at radius 1 is 0.621 bits per heavy atom. The Bertz CT molecular complexity index is 585. The van der Waals surface area contributed by atoms with Gasteiger partial charge in [-0.2, -0.15) is 8.42 Å². The first kappa shape index (κ1) is 29.4. The normalized spacial score (nSPS) is 11.4. The summed E-state index contributed by atoms with van der Waals surface area (Å²) in [6, 6.07) is 6.57. The van der Waals surface area contributed by atoms with Crippen LogP contribution in [0.5, 0.6) is 0 Å². The Balaban J connectivity index is 0.00000784. The molecule has 1 aromatic rings. The van der Waals surface area contributed by atoms with Gasteiger partial charge < -0.3 is 0 Å². The van der Waals surface area contributed by atoms with Crippen molar-refractivity contribution in [1.82, 2.24) is 0 Å². The standard InChI is InChI=1S/C24H42O3S.Ca.2H/c1-2-3-4-5-6-7-8-9-10-11-12-13-14-15-16-17-18-23-19-21-24(22-20-23)28(25,26)27;;;/h19-22H,2-18H2,1H3,(H,25,26,27);;;. The number of aryl methyl sites for hydroxylation is 1. The zero-order valence-corrected chi connectivity index (χ0v) is 18.8. The van der Waals surface area contributed by atoms with Crippen molar-refractivity contribution >= 4 is 47.9 Å². The zero-order chi connectivity index (χ0) is 20.5. The first-order chi connectivity index (χ1) is 13.5. The Labute approximate surface area is 210 Å². The van der Waals surface area contributed by atoms with E-state index in [1.807, 2.05) is 0 Å². The molecular weight excluding hydrogens is 408 g/mol. The summed E-state index contributed by atoms with van der Waals surface area (Å²) >= 11 is 0. The Kier molecular flexibility index (Phi) is 19.4. The van der Waals surface area contributed by atoms with Gasteiger partial charge in [-0.15, -0.1) is 0 Å². The average Bonchev–Trinajstić information content (AvgIpc) is 2.67. The van der Waals surface area contributed by atoms with E-state index in [1.165, 1.54) is 108 Å². The first-order valence-electron chi connectivity index (χ1n) is 11.6. The summed E-state index contributed by atoms with van der Waals surface area (Å²) < 4.78 is 31.0. The van der Waals surface area contributed by atoms with E-state index >= 15 is 0 Å². The van der Waals surface area contributed by atoms with E-state index in [1.54, 1.807) is 12.1 Å². The van der Waals surface area contributed by atoms with Crippen LogP contribution in [0.25, 0.3) is 0 Å². The molecule has 5 heteroatoms. The van der Waals surface area contributed by atoms with Gasteiger partial charge in [0.1, 0.15) is 0 Å². The van der Waals surface area contributed by atoms with Gasteiger partial charge in [-0.3, -0.25) is 4.55 Å². The van der Waals surface area contributed by atoms with E-state index in [0.717, 1.165) is 18.4 Å². The summed E-state index contributed by atoms with van der Waals surface area (Å²) in [6.45, 7) is 2.27. The van der Waals surface area contributed by atoms with Crippen molar-refractivity contribution < 1.29 is 13.0 Å². The molecule has 0 radical (unpaired) electrons. The van der Waals surface area contributed by atoms with E-state index in [-0.39, 0.29) is 42.6 Å². The van der Waals surface area contributed by atoms with Gasteiger partial charge in [0.25, 0.3) is 10.1 Å².